The van der Waals surface area contributed by atoms with E-state index in [1.54, 1.807) is 24.6 Å². The first-order valence-electron chi connectivity index (χ1n) is 6.97. The minimum atomic E-state index is 0.504. The van der Waals surface area contributed by atoms with Gasteiger partial charge in [-0.05, 0) is 31.2 Å². The SMILES string of the molecule is COCc1nc(C)c(-c2ccnc(Nc3cccc(Cl)c3)n2)s1. The van der Waals surface area contributed by atoms with Crippen molar-refractivity contribution in [2.24, 2.45) is 0 Å². The first kappa shape index (κ1) is 15.9. The van der Waals surface area contributed by atoms with Crippen LogP contribution in [-0.4, -0.2) is 22.1 Å². The Labute approximate surface area is 143 Å². The molecule has 2 aromatic heterocycles. The Morgan fingerprint density at radius 3 is 2.91 bits per heavy atom. The highest BCUT2D eigenvalue weighted by Gasteiger charge is 2.12. The van der Waals surface area contributed by atoms with E-state index >= 15 is 0 Å². The molecule has 0 fully saturated rings. The third kappa shape index (κ3) is 3.85. The summed E-state index contributed by atoms with van der Waals surface area (Å²) in [6.45, 7) is 2.47. The van der Waals surface area contributed by atoms with Gasteiger partial charge in [-0.3, -0.25) is 0 Å². The Morgan fingerprint density at radius 1 is 1.26 bits per heavy atom. The van der Waals surface area contributed by atoms with Crippen LogP contribution in [0.1, 0.15) is 10.7 Å². The topological polar surface area (TPSA) is 59.9 Å². The number of ether oxygens (including phenoxy) is 1. The zero-order valence-electron chi connectivity index (χ0n) is 12.7. The standard InChI is InChI=1S/C16H15ClN4OS/c1-10-15(23-14(19-10)9-22-2)13-6-7-18-16(21-13)20-12-5-3-4-11(17)8-12/h3-8H,9H2,1-2H3,(H,18,20,21). The van der Waals surface area contributed by atoms with Crippen molar-refractivity contribution in [3.63, 3.8) is 0 Å². The third-order valence-electron chi connectivity index (χ3n) is 3.08. The summed E-state index contributed by atoms with van der Waals surface area (Å²) in [7, 11) is 1.66. The number of aryl methyl sites for hydroxylation is 1. The number of thiazole rings is 1. The number of hydrogen-bond donors (Lipinski definition) is 1. The summed E-state index contributed by atoms with van der Waals surface area (Å²) in [4.78, 5) is 14.3. The number of anilines is 2. The van der Waals surface area contributed by atoms with Crippen molar-refractivity contribution in [3.8, 4) is 10.6 Å². The molecular formula is C16H15ClN4OS. The van der Waals surface area contributed by atoms with E-state index in [0.717, 1.165) is 27.0 Å². The van der Waals surface area contributed by atoms with Gasteiger partial charge in [0.2, 0.25) is 5.95 Å². The Morgan fingerprint density at radius 2 is 2.13 bits per heavy atom. The molecule has 1 N–H and O–H groups in total. The van der Waals surface area contributed by atoms with Crippen LogP contribution in [0.4, 0.5) is 11.6 Å². The van der Waals surface area contributed by atoms with Crippen LogP contribution in [0.3, 0.4) is 0 Å². The molecule has 3 rings (SSSR count). The number of nitrogens with one attached hydrogen (secondary N) is 1. The molecule has 0 aliphatic rings. The normalized spacial score (nSPS) is 10.7. The minimum absolute atomic E-state index is 0.504. The molecule has 0 radical (unpaired) electrons. The summed E-state index contributed by atoms with van der Waals surface area (Å²) in [6, 6.07) is 9.31. The number of nitrogens with zero attached hydrogens (tertiary/aromatic N) is 3. The van der Waals surface area contributed by atoms with Gasteiger partial charge in [0.25, 0.3) is 0 Å². The first-order chi connectivity index (χ1) is 11.2. The van der Waals surface area contributed by atoms with Crippen molar-refractivity contribution in [1.29, 1.82) is 0 Å². The van der Waals surface area contributed by atoms with Gasteiger partial charge in [-0.2, -0.15) is 0 Å². The molecule has 0 bridgehead atoms. The molecule has 118 valence electrons. The number of benzene rings is 1. The van der Waals surface area contributed by atoms with E-state index < -0.39 is 0 Å². The molecule has 0 saturated carbocycles. The second kappa shape index (κ2) is 7.04. The largest absolute Gasteiger partial charge is 0.378 e. The maximum absolute atomic E-state index is 5.99. The van der Waals surface area contributed by atoms with Crippen LogP contribution in [0.2, 0.25) is 5.02 Å². The molecular weight excluding hydrogens is 332 g/mol. The molecule has 0 amide bonds. The number of halogens is 1. The average Bonchev–Trinajstić information content (AvgIpc) is 2.89. The van der Waals surface area contributed by atoms with Crippen LogP contribution in [-0.2, 0) is 11.3 Å². The highest BCUT2D eigenvalue weighted by molar-refractivity contribution is 7.15. The van der Waals surface area contributed by atoms with Gasteiger partial charge in [0.15, 0.2) is 0 Å². The summed E-state index contributed by atoms with van der Waals surface area (Å²) in [5, 5.41) is 4.75. The van der Waals surface area contributed by atoms with Gasteiger partial charge in [0.05, 0.1) is 22.9 Å². The number of methoxy groups -OCH3 is 1. The van der Waals surface area contributed by atoms with Crippen molar-refractivity contribution in [2.45, 2.75) is 13.5 Å². The first-order valence-corrected chi connectivity index (χ1v) is 8.16. The smallest absolute Gasteiger partial charge is 0.227 e. The van der Waals surface area contributed by atoms with Crippen molar-refractivity contribution >= 4 is 34.6 Å². The molecule has 7 heteroatoms. The lowest BCUT2D eigenvalue weighted by Crippen LogP contribution is -1.97. The summed E-state index contributed by atoms with van der Waals surface area (Å²) < 4.78 is 5.14. The molecule has 0 atom stereocenters. The number of hydrogen-bond acceptors (Lipinski definition) is 6. The summed E-state index contributed by atoms with van der Waals surface area (Å²) in [6.07, 6.45) is 1.73. The summed E-state index contributed by atoms with van der Waals surface area (Å²) in [5.41, 5.74) is 2.62. The van der Waals surface area contributed by atoms with Gasteiger partial charge in [-0.1, -0.05) is 17.7 Å². The maximum Gasteiger partial charge on any atom is 0.227 e. The fourth-order valence-electron chi connectivity index (χ4n) is 2.12. The van der Waals surface area contributed by atoms with E-state index in [2.05, 4.69) is 20.3 Å². The highest BCUT2D eigenvalue weighted by Crippen LogP contribution is 2.29. The van der Waals surface area contributed by atoms with E-state index in [1.165, 1.54) is 0 Å². The second-order valence-corrected chi connectivity index (χ2v) is 6.38. The van der Waals surface area contributed by atoms with E-state index in [1.807, 2.05) is 37.3 Å². The average molecular weight is 347 g/mol. The zero-order chi connectivity index (χ0) is 16.2. The molecule has 0 aliphatic heterocycles. The Balaban J connectivity index is 1.88. The van der Waals surface area contributed by atoms with Crippen LogP contribution < -0.4 is 5.32 Å². The van der Waals surface area contributed by atoms with Gasteiger partial charge in [0.1, 0.15) is 5.01 Å². The lowest BCUT2D eigenvalue weighted by atomic mass is 10.3. The minimum Gasteiger partial charge on any atom is -0.378 e. The van der Waals surface area contributed by atoms with Crippen LogP contribution in [0.15, 0.2) is 36.5 Å². The summed E-state index contributed by atoms with van der Waals surface area (Å²) >= 11 is 7.57. The Hall–Kier alpha value is -2.02. The molecule has 5 nitrogen and oxygen atoms in total. The van der Waals surface area contributed by atoms with Crippen molar-refractivity contribution in [2.75, 3.05) is 12.4 Å². The van der Waals surface area contributed by atoms with E-state index in [-0.39, 0.29) is 0 Å². The van der Waals surface area contributed by atoms with E-state index in [4.69, 9.17) is 16.3 Å². The predicted octanol–water partition coefficient (Wildman–Crippen LogP) is 4.45. The van der Waals surface area contributed by atoms with Crippen molar-refractivity contribution in [1.82, 2.24) is 15.0 Å². The van der Waals surface area contributed by atoms with Crippen molar-refractivity contribution < 1.29 is 4.74 Å². The zero-order valence-corrected chi connectivity index (χ0v) is 14.3. The van der Waals surface area contributed by atoms with Gasteiger partial charge >= 0.3 is 0 Å². The molecule has 0 spiro atoms. The lowest BCUT2D eigenvalue weighted by molar-refractivity contribution is 0.184. The fourth-order valence-corrected chi connectivity index (χ4v) is 3.31. The molecule has 23 heavy (non-hydrogen) atoms. The monoisotopic (exact) mass is 346 g/mol. The Kier molecular flexibility index (Phi) is 4.85. The molecule has 1 aromatic carbocycles. The van der Waals surface area contributed by atoms with Crippen LogP contribution in [0, 0.1) is 6.92 Å². The third-order valence-corrected chi connectivity index (χ3v) is 4.47. The second-order valence-electron chi connectivity index (χ2n) is 4.86. The summed E-state index contributed by atoms with van der Waals surface area (Å²) in [5.74, 6) is 0.519. The van der Waals surface area contributed by atoms with Crippen LogP contribution in [0.5, 0.6) is 0 Å². The fraction of sp³-hybridized carbons (Fsp3) is 0.188. The molecule has 2 heterocycles. The van der Waals surface area contributed by atoms with Crippen LogP contribution in [0.25, 0.3) is 10.6 Å². The van der Waals surface area contributed by atoms with Gasteiger partial charge in [-0.25, -0.2) is 15.0 Å². The predicted molar refractivity (Wildman–Crippen MR) is 93.3 cm³/mol. The van der Waals surface area contributed by atoms with Gasteiger partial charge < -0.3 is 10.1 Å². The maximum atomic E-state index is 5.99. The van der Waals surface area contributed by atoms with Gasteiger partial charge in [-0.15, -0.1) is 11.3 Å². The molecule has 3 aromatic rings. The molecule has 0 aliphatic carbocycles. The Bertz CT molecular complexity index is 821. The van der Waals surface area contributed by atoms with Crippen LogP contribution >= 0.6 is 22.9 Å². The lowest BCUT2D eigenvalue weighted by Gasteiger charge is -2.06. The highest BCUT2D eigenvalue weighted by atomic mass is 35.5. The molecule has 0 unspecified atom stereocenters. The molecule has 0 saturated heterocycles. The van der Waals surface area contributed by atoms with Crippen molar-refractivity contribution in [3.05, 3.63) is 52.3 Å². The van der Waals surface area contributed by atoms with Gasteiger partial charge in [0, 0.05) is 24.0 Å². The van der Waals surface area contributed by atoms with E-state index in [9.17, 15) is 0 Å². The van der Waals surface area contributed by atoms with E-state index in [0.29, 0.717) is 17.6 Å². The number of aromatic nitrogens is 3. The number of rotatable bonds is 5. The quantitative estimate of drug-likeness (QED) is 0.739.